The summed E-state index contributed by atoms with van der Waals surface area (Å²) >= 11 is 0. The van der Waals surface area contributed by atoms with Crippen LogP contribution < -0.4 is 5.32 Å². The van der Waals surface area contributed by atoms with Crippen LogP contribution in [0.2, 0.25) is 0 Å². The summed E-state index contributed by atoms with van der Waals surface area (Å²) < 4.78 is 7.03. The van der Waals surface area contributed by atoms with Crippen LogP contribution in [0.25, 0.3) is 0 Å². The van der Waals surface area contributed by atoms with Gasteiger partial charge >= 0.3 is 0 Å². The molecule has 1 N–H and O–H groups in total. The van der Waals surface area contributed by atoms with E-state index in [1.54, 1.807) is 15.8 Å². The Morgan fingerprint density at radius 2 is 2.09 bits per heavy atom. The quantitative estimate of drug-likeness (QED) is 0.925. The number of nitrogens with zero attached hydrogens (tertiary/aromatic N) is 4. The molecule has 1 amide bonds. The van der Waals surface area contributed by atoms with Gasteiger partial charge in [-0.2, -0.15) is 5.10 Å². The summed E-state index contributed by atoms with van der Waals surface area (Å²) in [5.41, 5.74) is 1.69. The number of hydrogen-bond acceptors (Lipinski definition) is 5. The van der Waals surface area contributed by atoms with Gasteiger partial charge in [0.1, 0.15) is 5.82 Å². The summed E-state index contributed by atoms with van der Waals surface area (Å²) in [6, 6.07) is 3.74. The Hall–Kier alpha value is -2.41. The van der Waals surface area contributed by atoms with E-state index in [4.69, 9.17) is 4.74 Å². The van der Waals surface area contributed by atoms with Crippen LogP contribution in [-0.4, -0.2) is 51.9 Å². The number of carbonyl (C=O) groups is 1. The molecule has 2 aromatic rings. The zero-order chi connectivity index (χ0) is 16.2. The van der Waals surface area contributed by atoms with Crippen LogP contribution in [0.15, 0.2) is 30.7 Å². The summed E-state index contributed by atoms with van der Waals surface area (Å²) in [4.78, 5) is 18.5. The normalized spacial score (nSPS) is 16.2. The Morgan fingerprint density at radius 3 is 2.70 bits per heavy atom. The van der Waals surface area contributed by atoms with Crippen LogP contribution in [0.5, 0.6) is 0 Å². The lowest BCUT2D eigenvalue weighted by Gasteiger charge is -2.26. The maximum atomic E-state index is 12.4. The van der Waals surface area contributed by atoms with E-state index in [0.29, 0.717) is 31.9 Å². The molecule has 7 nitrogen and oxygen atoms in total. The van der Waals surface area contributed by atoms with E-state index in [0.717, 1.165) is 11.4 Å². The molecule has 0 aromatic carbocycles. The van der Waals surface area contributed by atoms with Gasteiger partial charge in [-0.25, -0.2) is 4.98 Å². The van der Waals surface area contributed by atoms with Gasteiger partial charge in [-0.05, 0) is 19.1 Å². The van der Waals surface area contributed by atoms with Gasteiger partial charge in [0.2, 0.25) is 0 Å². The van der Waals surface area contributed by atoms with Crippen LogP contribution in [0, 0.1) is 0 Å². The van der Waals surface area contributed by atoms with Gasteiger partial charge < -0.3 is 15.0 Å². The van der Waals surface area contributed by atoms with Gasteiger partial charge in [0.25, 0.3) is 5.91 Å². The Kier molecular flexibility index (Phi) is 4.57. The Labute approximate surface area is 135 Å². The number of morpholine rings is 1. The maximum Gasteiger partial charge on any atom is 0.255 e. The first kappa shape index (κ1) is 15.5. The molecule has 3 heterocycles. The van der Waals surface area contributed by atoms with Crippen molar-refractivity contribution in [3.8, 4) is 0 Å². The Balaban J connectivity index is 1.63. The van der Waals surface area contributed by atoms with E-state index in [1.807, 2.05) is 38.5 Å². The molecule has 1 unspecified atom stereocenters. The zero-order valence-corrected chi connectivity index (χ0v) is 13.4. The average Bonchev–Trinajstić information content (AvgIpc) is 3.02. The largest absolute Gasteiger partial charge is 0.378 e. The van der Waals surface area contributed by atoms with Crippen LogP contribution in [0.4, 0.5) is 5.82 Å². The van der Waals surface area contributed by atoms with Crippen LogP contribution >= 0.6 is 0 Å². The van der Waals surface area contributed by atoms with E-state index in [-0.39, 0.29) is 11.9 Å². The average molecular weight is 315 g/mol. The molecule has 122 valence electrons. The molecule has 0 saturated carbocycles. The van der Waals surface area contributed by atoms with E-state index in [2.05, 4.69) is 15.4 Å². The molecular weight excluding hydrogens is 294 g/mol. The van der Waals surface area contributed by atoms with Gasteiger partial charge in [-0.1, -0.05) is 0 Å². The first-order chi connectivity index (χ1) is 11.1. The summed E-state index contributed by atoms with van der Waals surface area (Å²) in [7, 11) is 1.89. The first-order valence-corrected chi connectivity index (χ1v) is 7.71. The van der Waals surface area contributed by atoms with Crippen LogP contribution in [0.1, 0.15) is 28.9 Å². The summed E-state index contributed by atoms with van der Waals surface area (Å²) in [6.45, 7) is 4.52. The lowest BCUT2D eigenvalue weighted by atomic mass is 10.2. The van der Waals surface area contributed by atoms with Crippen molar-refractivity contribution in [1.29, 1.82) is 0 Å². The van der Waals surface area contributed by atoms with E-state index in [1.165, 1.54) is 0 Å². The number of pyridine rings is 1. The minimum atomic E-state index is 0.00709. The lowest BCUT2D eigenvalue weighted by molar-refractivity contribution is 0.0302. The lowest BCUT2D eigenvalue weighted by Crippen LogP contribution is -2.40. The third-order valence-corrected chi connectivity index (χ3v) is 3.90. The standard InChI is InChI=1S/C16H21N5O2/c1-12(14-10-18-20(2)11-14)19-15-4-3-13(9-17-15)16(22)21-5-7-23-8-6-21/h3-4,9-12H,5-8H2,1-2H3,(H,17,19). The van der Waals surface area contributed by atoms with Crippen molar-refractivity contribution in [2.24, 2.45) is 7.05 Å². The number of carbonyl (C=O) groups excluding carboxylic acids is 1. The molecule has 2 aromatic heterocycles. The smallest absolute Gasteiger partial charge is 0.255 e. The molecule has 1 fully saturated rings. The first-order valence-electron chi connectivity index (χ1n) is 7.71. The monoisotopic (exact) mass is 315 g/mol. The SMILES string of the molecule is CC(Nc1ccc(C(=O)N2CCOCC2)cn1)c1cnn(C)c1. The highest BCUT2D eigenvalue weighted by Gasteiger charge is 2.18. The van der Waals surface area contributed by atoms with Crippen LogP contribution in [-0.2, 0) is 11.8 Å². The van der Waals surface area contributed by atoms with Gasteiger partial charge in [0.15, 0.2) is 0 Å². The molecule has 1 aliphatic rings. The van der Waals surface area contributed by atoms with Crippen molar-refractivity contribution in [3.05, 3.63) is 41.9 Å². The van der Waals surface area contributed by atoms with Crippen molar-refractivity contribution in [2.75, 3.05) is 31.6 Å². The number of aryl methyl sites for hydroxylation is 1. The van der Waals surface area contributed by atoms with Gasteiger partial charge in [-0.3, -0.25) is 9.48 Å². The fraction of sp³-hybridized carbons (Fsp3) is 0.438. The highest BCUT2D eigenvalue weighted by Crippen LogP contribution is 2.17. The van der Waals surface area contributed by atoms with E-state index < -0.39 is 0 Å². The zero-order valence-electron chi connectivity index (χ0n) is 13.4. The third kappa shape index (κ3) is 3.68. The predicted molar refractivity (Wildman–Crippen MR) is 86.2 cm³/mol. The number of anilines is 1. The van der Waals surface area contributed by atoms with Gasteiger partial charge in [0.05, 0.1) is 31.0 Å². The highest BCUT2D eigenvalue weighted by atomic mass is 16.5. The summed E-state index contributed by atoms with van der Waals surface area (Å²) in [6.07, 6.45) is 5.41. The molecule has 0 radical (unpaired) electrons. The highest BCUT2D eigenvalue weighted by molar-refractivity contribution is 5.94. The molecule has 0 aliphatic carbocycles. The summed E-state index contributed by atoms with van der Waals surface area (Å²) in [5, 5.41) is 7.47. The third-order valence-electron chi connectivity index (χ3n) is 3.90. The molecular formula is C16H21N5O2. The molecule has 7 heteroatoms. The molecule has 3 rings (SSSR count). The number of ether oxygens (including phenoxy) is 1. The van der Waals surface area contributed by atoms with Gasteiger partial charge in [-0.15, -0.1) is 0 Å². The molecule has 23 heavy (non-hydrogen) atoms. The number of amides is 1. The summed E-state index contributed by atoms with van der Waals surface area (Å²) in [5.74, 6) is 0.743. The minimum absolute atomic E-state index is 0.00709. The van der Waals surface area contributed by atoms with Crippen molar-refractivity contribution >= 4 is 11.7 Å². The maximum absolute atomic E-state index is 12.4. The minimum Gasteiger partial charge on any atom is -0.378 e. The van der Waals surface area contributed by atoms with Gasteiger partial charge in [0, 0.05) is 38.1 Å². The topological polar surface area (TPSA) is 72.3 Å². The Bertz CT molecular complexity index is 661. The van der Waals surface area contributed by atoms with Crippen LogP contribution in [0.3, 0.4) is 0 Å². The fourth-order valence-corrected chi connectivity index (χ4v) is 2.52. The molecule has 1 aliphatic heterocycles. The second kappa shape index (κ2) is 6.78. The van der Waals surface area contributed by atoms with Crippen molar-refractivity contribution in [2.45, 2.75) is 13.0 Å². The number of hydrogen-bond donors (Lipinski definition) is 1. The van der Waals surface area contributed by atoms with E-state index >= 15 is 0 Å². The molecule has 1 saturated heterocycles. The van der Waals surface area contributed by atoms with Crippen molar-refractivity contribution in [3.63, 3.8) is 0 Å². The number of nitrogens with one attached hydrogen (secondary N) is 1. The second-order valence-electron chi connectivity index (χ2n) is 5.65. The number of aromatic nitrogens is 3. The van der Waals surface area contributed by atoms with Crippen molar-refractivity contribution < 1.29 is 9.53 Å². The van der Waals surface area contributed by atoms with Crippen molar-refractivity contribution in [1.82, 2.24) is 19.7 Å². The van der Waals surface area contributed by atoms with E-state index in [9.17, 15) is 4.79 Å². The molecule has 0 spiro atoms. The molecule has 0 bridgehead atoms. The Morgan fingerprint density at radius 1 is 1.30 bits per heavy atom. The number of rotatable bonds is 4. The molecule has 1 atom stereocenters. The fourth-order valence-electron chi connectivity index (χ4n) is 2.52. The predicted octanol–water partition coefficient (Wildman–Crippen LogP) is 1.46. The second-order valence-corrected chi connectivity index (χ2v) is 5.65.